The molecule has 0 heterocycles. The van der Waals surface area contributed by atoms with E-state index in [9.17, 15) is 4.79 Å². The first kappa shape index (κ1) is 14.1. The lowest BCUT2D eigenvalue weighted by Crippen LogP contribution is -2.32. The third kappa shape index (κ3) is 3.80. The maximum Gasteiger partial charge on any atom is 0.238 e. The Bertz CT molecular complexity index is 438. The average molecular weight is 260 g/mol. The molecule has 1 amide bonds. The maximum atomic E-state index is 12.0. The van der Waals surface area contributed by atoms with E-state index in [0.29, 0.717) is 6.54 Å². The standard InChI is InChI=1S/C16H24N2O/c1-3-18(4-2)12-16(19)17-15-10-9-13-7-5-6-8-14(13)11-15/h9-11H,3-8,12H2,1-2H3,(H,17,19). The fourth-order valence-electron chi connectivity index (χ4n) is 2.66. The van der Waals surface area contributed by atoms with Crippen LogP contribution in [0.3, 0.4) is 0 Å². The van der Waals surface area contributed by atoms with Crippen LogP contribution in [0, 0.1) is 0 Å². The highest BCUT2D eigenvalue weighted by Crippen LogP contribution is 2.24. The Morgan fingerprint density at radius 2 is 1.84 bits per heavy atom. The van der Waals surface area contributed by atoms with Crippen LogP contribution in [-0.4, -0.2) is 30.4 Å². The SMILES string of the molecule is CCN(CC)CC(=O)Nc1ccc2c(c1)CCCC2. The molecule has 0 atom stereocenters. The predicted molar refractivity (Wildman–Crippen MR) is 79.5 cm³/mol. The van der Waals surface area contributed by atoms with Gasteiger partial charge in [-0.15, -0.1) is 0 Å². The molecule has 1 aromatic carbocycles. The second-order valence-electron chi connectivity index (χ2n) is 5.20. The minimum atomic E-state index is 0.0828. The molecule has 1 aliphatic rings. The van der Waals surface area contributed by atoms with Crippen molar-refractivity contribution in [1.82, 2.24) is 4.90 Å². The summed E-state index contributed by atoms with van der Waals surface area (Å²) in [5.74, 6) is 0.0828. The Balaban J connectivity index is 1.97. The van der Waals surface area contributed by atoms with Gasteiger partial charge in [-0.05, 0) is 62.0 Å². The van der Waals surface area contributed by atoms with Gasteiger partial charge in [0.2, 0.25) is 5.91 Å². The first-order valence-corrected chi connectivity index (χ1v) is 7.37. The number of fused-ring (bicyclic) bond motifs is 1. The largest absolute Gasteiger partial charge is 0.325 e. The van der Waals surface area contributed by atoms with Gasteiger partial charge in [-0.2, -0.15) is 0 Å². The summed E-state index contributed by atoms with van der Waals surface area (Å²) in [6.45, 7) is 6.46. The Morgan fingerprint density at radius 3 is 2.53 bits per heavy atom. The van der Waals surface area contributed by atoms with Crippen molar-refractivity contribution in [2.75, 3.05) is 25.0 Å². The van der Waals surface area contributed by atoms with Gasteiger partial charge in [0.15, 0.2) is 0 Å². The Labute approximate surface area is 116 Å². The molecule has 0 saturated carbocycles. The van der Waals surface area contributed by atoms with E-state index in [1.54, 1.807) is 0 Å². The second kappa shape index (κ2) is 6.71. The van der Waals surface area contributed by atoms with Crippen molar-refractivity contribution in [1.29, 1.82) is 0 Å². The first-order valence-electron chi connectivity index (χ1n) is 7.37. The van der Waals surface area contributed by atoms with Crippen molar-refractivity contribution in [3.05, 3.63) is 29.3 Å². The van der Waals surface area contributed by atoms with Crippen LogP contribution in [0.2, 0.25) is 0 Å². The third-order valence-corrected chi connectivity index (χ3v) is 3.89. The molecular formula is C16H24N2O. The predicted octanol–water partition coefficient (Wildman–Crippen LogP) is 2.85. The van der Waals surface area contributed by atoms with Crippen molar-refractivity contribution in [3.8, 4) is 0 Å². The van der Waals surface area contributed by atoms with Gasteiger partial charge in [0.25, 0.3) is 0 Å². The molecule has 3 nitrogen and oxygen atoms in total. The van der Waals surface area contributed by atoms with Crippen LogP contribution >= 0.6 is 0 Å². The van der Waals surface area contributed by atoms with Gasteiger partial charge in [0.05, 0.1) is 6.54 Å². The molecule has 0 aromatic heterocycles. The molecule has 3 heteroatoms. The van der Waals surface area contributed by atoms with E-state index in [1.807, 2.05) is 6.07 Å². The molecule has 0 bridgehead atoms. The highest BCUT2D eigenvalue weighted by atomic mass is 16.2. The monoisotopic (exact) mass is 260 g/mol. The van der Waals surface area contributed by atoms with Gasteiger partial charge >= 0.3 is 0 Å². The number of benzene rings is 1. The van der Waals surface area contributed by atoms with E-state index in [1.165, 1.54) is 30.4 Å². The number of hydrogen-bond acceptors (Lipinski definition) is 2. The highest BCUT2D eigenvalue weighted by Gasteiger charge is 2.11. The first-order chi connectivity index (χ1) is 9.22. The number of nitrogens with zero attached hydrogens (tertiary/aromatic N) is 1. The molecule has 2 rings (SSSR count). The number of nitrogens with one attached hydrogen (secondary N) is 1. The summed E-state index contributed by atoms with van der Waals surface area (Å²) in [6.07, 6.45) is 4.89. The summed E-state index contributed by atoms with van der Waals surface area (Å²) in [4.78, 5) is 14.1. The summed E-state index contributed by atoms with van der Waals surface area (Å²) < 4.78 is 0. The highest BCUT2D eigenvalue weighted by molar-refractivity contribution is 5.92. The number of anilines is 1. The number of rotatable bonds is 5. The van der Waals surface area contributed by atoms with E-state index < -0.39 is 0 Å². The fourth-order valence-corrected chi connectivity index (χ4v) is 2.66. The number of hydrogen-bond donors (Lipinski definition) is 1. The Hall–Kier alpha value is -1.35. The molecule has 1 aromatic rings. The molecule has 0 radical (unpaired) electrons. The van der Waals surface area contributed by atoms with Crippen LogP contribution in [0.15, 0.2) is 18.2 Å². The van der Waals surface area contributed by atoms with Crippen molar-refractivity contribution in [2.45, 2.75) is 39.5 Å². The zero-order valence-electron chi connectivity index (χ0n) is 12.0. The number of likely N-dealkylation sites (N-methyl/N-ethyl adjacent to an activating group) is 1. The van der Waals surface area contributed by atoms with E-state index in [2.05, 4.69) is 36.2 Å². The van der Waals surface area contributed by atoms with Crippen LogP contribution < -0.4 is 5.32 Å². The molecule has 1 aliphatic carbocycles. The van der Waals surface area contributed by atoms with Crippen LogP contribution in [0.25, 0.3) is 0 Å². The Morgan fingerprint density at radius 1 is 1.16 bits per heavy atom. The smallest absolute Gasteiger partial charge is 0.238 e. The van der Waals surface area contributed by atoms with Crippen LogP contribution in [0.4, 0.5) is 5.69 Å². The van der Waals surface area contributed by atoms with E-state index in [-0.39, 0.29) is 5.91 Å². The van der Waals surface area contributed by atoms with Crippen molar-refractivity contribution < 1.29 is 4.79 Å². The molecule has 1 N–H and O–H groups in total. The minimum Gasteiger partial charge on any atom is -0.325 e. The molecule has 0 unspecified atom stereocenters. The van der Waals surface area contributed by atoms with Crippen molar-refractivity contribution >= 4 is 11.6 Å². The topological polar surface area (TPSA) is 32.3 Å². The molecule has 0 fully saturated rings. The summed E-state index contributed by atoms with van der Waals surface area (Å²) in [5.41, 5.74) is 3.80. The van der Waals surface area contributed by atoms with E-state index >= 15 is 0 Å². The molecule has 104 valence electrons. The summed E-state index contributed by atoms with van der Waals surface area (Å²) in [6, 6.07) is 6.35. The minimum absolute atomic E-state index is 0.0828. The number of carbonyl (C=O) groups excluding carboxylic acids is 1. The van der Waals surface area contributed by atoms with Gasteiger partial charge in [-0.3, -0.25) is 9.69 Å². The van der Waals surface area contributed by atoms with Gasteiger partial charge in [-0.25, -0.2) is 0 Å². The van der Waals surface area contributed by atoms with Gasteiger partial charge < -0.3 is 5.32 Å². The van der Waals surface area contributed by atoms with Crippen LogP contribution in [-0.2, 0) is 17.6 Å². The molecule has 0 spiro atoms. The normalized spacial score (nSPS) is 14.3. The number of amides is 1. The average Bonchev–Trinajstić information content (AvgIpc) is 2.44. The Kier molecular flexibility index (Phi) is 4.97. The lowest BCUT2D eigenvalue weighted by molar-refractivity contribution is -0.117. The fraction of sp³-hybridized carbons (Fsp3) is 0.562. The van der Waals surface area contributed by atoms with Crippen LogP contribution in [0.5, 0.6) is 0 Å². The van der Waals surface area contributed by atoms with Gasteiger partial charge in [0.1, 0.15) is 0 Å². The van der Waals surface area contributed by atoms with Crippen LogP contribution in [0.1, 0.15) is 37.8 Å². The zero-order valence-corrected chi connectivity index (χ0v) is 12.0. The lowest BCUT2D eigenvalue weighted by Gasteiger charge is -2.19. The summed E-state index contributed by atoms with van der Waals surface area (Å²) in [5, 5.41) is 3.01. The lowest BCUT2D eigenvalue weighted by atomic mass is 9.91. The van der Waals surface area contributed by atoms with Gasteiger partial charge in [0, 0.05) is 5.69 Å². The van der Waals surface area contributed by atoms with E-state index in [4.69, 9.17) is 0 Å². The number of aryl methyl sites for hydroxylation is 2. The molecule has 0 saturated heterocycles. The van der Waals surface area contributed by atoms with Crippen molar-refractivity contribution in [2.24, 2.45) is 0 Å². The maximum absolute atomic E-state index is 12.0. The summed E-state index contributed by atoms with van der Waals surface area (Å²) in [7, 11) is 0. The second-order valence-corrected chi connectivity index (χ2v) is 5.20. The van der Waals surface area contributed by atoms with Gasteiger partial charge in [-0.1, -0.05) is 19.9 Å². The molecule has 0 aliphatic heterocycles. The third-order valence-electron chi connectivity index (χ3n) is 3.89. The quantitative estimate of drug-likeness (QED) is 0.883. The number of carbonyl (C=O) groups is 1. The zero-order chi connectivity index (χ0) is 13.7. The van der Waals surface area contributed by atoms with Crippen molar-refractivity contribution in [3.63, 3.8) is 0 Å². The summed E-state index contributed by atoms with van der Waals surface area (Å²) >= 11 is 0. The van der Waals surface area contributed by atoms with E-state index in [0.717, 1.165) is 25.2 Å². The molecule has 19 heavy (non-hydrogen) atoms. The molecular weight excluding hydrogens is 236 g/mol.